The number of ketones is 1. The summed E-state index contributed by atoms with van der Waals surface area (Å²) in [5.74, 6) is -1.06. The Hall–Kier alpha value is -5.11. The number of aromatic hydroxyl groups is 1. The van der Waals surface area contributed by atoms with Crippen molar-refractivity contribution < 1.29 is 29.3 Å². The second kappa shape index (κ2) is 12.0. The van der Waals surface area contributed by atoms with E-state index < -0.39 is 17.7 Å². The van der Waals surface area contributed by atoms with Crippen LogP contribution in [-0.2, 0) is 22.7 Å². The van der Waals surface area contributed by atoms with Gasteiger partial charge in [0.25, 0.3) is 11.7 Å². The number of pyridine rings is 1. The number of carbonyl (C=O) groups excluding carboxylic acids is 2. The van der Waals surface area contributed by atoms with Crippen molar-refractivity contribution >= 4 is 17.4 Å². The Bertz CT molecular complexity index is 1600. The topological polar surface area (TPSA) is 109 Å². The normalized spacial score (nSPS) is 16.1. The third-order valence-electron chi connectivity index (χ3n) is 6.90. The lowest BCUT2D eigenvalue weighted by molar-refractivity contribution is -0.140. The minimum Gasteiger partial charge on any atom is -0.507 e. The molecule has 5 rings (SSSR count). The smallest absolute Gasteiger partial charge is 0.295 e. The minimum atomic E-state index is -0.927. The number of hydrogen-bond donors (Lipinski definition) is 2. The zero-order valence-corrected chi connectivity index (χ0v) is 22.8. The van der Waals surface area contributed by atoms with Gasteiger partial charge >= 0.3 is 0 Å². The van der Waals surface area contributed by atoms with Gasteiger partial charge in [0.2, 0.25) is 0 Å². The van der Waals surface area contributed by atoms with Crippen LogP contribution in [0.15, 0.2) is 96.8 Å². The number of ether oxygens (including phenoxy) is 2. The summed E-state index contributed by atoms with van der Waals surface area (Å²) in [5, 5.41) is 21.8. The van der Waals surface area contributed by atoms with Crippen LogP contribution in [-0.4, -0.2) is 38.4 Å². The number of benzene rings is 3. The number of aliphatic hydroxyl groups is 1. The van der Waals surface area contributed by atoms with Gasteiger partial charge in [-0.1, -0.05) is 42.5 Å². The molecule has 2 heterocycles. The molecule has 0 unspecified atom stereocenters. The number of amides is 1. The van der Waals surface area contributed by atoms with Crippen LogP contribution in [0.5, 0.6) is 17.2 Å². The van der Waals surface area contributed by atoms with E-state index in [0.717, 1.165) is 16.7 Å². The lowest BCUT2D eigenvalue weighted by Crippen LogP contribution is -2.29. The fourth-order valence-electron chi connectivity index (χ4n) is 4.90. The summed E-state index contributed by atoms with van der Waals surface area (Å²) in [6.45, 7) is 4.43. The first-order chi connectivity index (χ1) is 19.9. The van der Waals surface area contributed by atoms with E-state index in [0.29, 0.717) is 30.1 Å². The molecule has 4 aromatic rings. The summed E-state index contributed by atoms with van der Waals surface area (Å²) in [6.07, 6.45) is 3.25. The fraction of sp³-hybridized carbons (Fsp3) is 0.182. The van der Waals surface area contributed by atoms with Crippen LogP contribution in [0.4, 0.5) is 0 Å². The monoisotopic (exact) mass is 550 g/mol. The summed E-state index contributed by atoms with van der Waals surface area (Å²) < 4.78 is 11.5. The molecule has 0 aliphatic carbocycles. The first kappa shape index (κ1) is 27.5. The highest BCUT2D eigenvalue weighted by Crippen LogP contribution is 2.42. The van der Waals surface area contributed by atoms with E-state index in [1.807, 2.05) is 43.3 Å². The molecule has 1 aliphatic rings. The van der Waals surface area contributed by atoms with Gasteiger partial charge in [0.15, 0.2) is 11.5 Å². The highest BCUT2D eigenvalue weighted by atomic mass is 16.5. The number of phenols is 1. The number of aliphatic hydroxyl groups excluding tert-OH is 1. The number of hydrogen-bond acceptors (Lipinski definition) is 7. The van der Waals surface area contributed by atoms with Gasteiger partial charge in [-0.15, -0.1) is 0 Å². The van der Waals surface area contributed by atoms with E-state index in [1.165, 1.54) is 11.0 Å². The number of rotatable bonds is 9. The summed E-state index contributed by atoms with van der Waals surface area (Å²) >= 11 is 0. The van der Waals surface area contributed by atoms with Crippen LogP contribution >= 0.6 is 0 Å². The third kappa shape index (κ3) is 5.77. The van der Waals surface area contributed by atoms with Crippen LogP contribution in [0.1, 0.15) is 40.8 Å². The third-order valence-corrected chi connectivity index (χ3v) is 6.90. The zero-order valence-electron chi connectivity index (χ0n) is 22.8. The second-order valence-electron chi connectivity index (χ2n) is 9.70. The molecule has 1 amide bonds. The quantitative estimate of drug-likeness (QED) is 0.156. The molecule has 0 radical (unpaired) electrons. The number of likely N-dealkylation sites (tertiary alicyclic amines) is 1. The number of Topliss-reactive ketones (excluding diaryl/α,β-unsaturated/α-hetero) is 1. The van der Waals surface area contributed by atoms with Gasteiger partial charge in [0.1, 0.15) is 18.1 Å². The summed E-state index contributed by atoms with van der Waals surface area (Å²) in [7, 11) is 0. The van der Waals surface area contributed by atoms with Gasteiger partial charge in [-0.25, -0.2) is 0 Å². The standard InChI is InChI=1S/C33H30N2O6/c1-3-40-28-17-24(11-13-26(28)36)30-29(32(38)33(39)35(30)19-23-10-7-15-34-18-23)31(37)25-12-14-27(21(2)16-25)41-20-22-8-5-4-6-9-22/h4-18,30,36-37H,3,19-20H2,1-2H3/b31-29+/t30-/m0/s1. The largest absolute Gasteiger partial charge is 0.507 e. The van der Waals surface area contributed by atoms with Crippen LogP contribution in [0.2, 0.25) is 0 Å². The summed E-state index contributed by atoms with van der Waals surface area (Å²) in [4.78, 5) is 32.4. The van der Waals surface area contributed by atoms with E-state index in [9.17, 15) is 19.8 Å². The van der Waals surface area contributed by atoms with E-state index in [-0.39, 0.29) is 29.4 Å². The molecule has 1 atom stereocenters. The van der Waals surface area contributed by atoms with Gasteiger partial charge in [0.05, 0.1) is 18.2 Å². The maximum atomic E-state index is 13.5. The number of phenolic OH excluding ortho intramolecular Hbond substituents is 1. The average molecular weight is 551 g/mol. The molecule has 1 fully saturated rings. The molecule has 41 heavy (non-hydrogen) atoms. The van der Waals surface area contributed by atoms with Crippen molar-refractivity contribution in [1.29, 1.82) is 0 Å². The SMILES string of the molecule is CCOc1cc([C@H]2/C(=C(\O)c3ccc(OCc4ccccc4)c(C)c3)C(=O)C(=O)N2Cc2cccnc2)ccc1O. The van der Waals surface area contributed by atoms with Gasteiger partial charge in [0, 0.05) is 24.5 Å². The molecule has 1 aliphatic heterocycles. The summed E-state index contributed by atoms with van der Waals surface area (Å²) in [6, 6.07) is 22.2. The van der Waals surface area contributed by atoms with Crippen LogP contribution in [0, 0.1) is 6.92 Å². The molecule has 0 bridgehead atoms. The highest BCUT2D eigenvalue weighted by Gasteiger charge is 2.46. The van der Waals surface area contributed by atoms with Crippen LogP contribution < -0.4 is 9.47 Å². The Morgan fingerprint density at radius 1 is 0.927 bits per heavy atom. The van der Waals surface area contributed by atoms with Crippen molar-refractivity contribution in [1.82, 2.24) is 9.88 Å². The van der Waals surface area contributed by atoms with E-state index in [4.69, 9.17) is 9.47 Å². The predicted molar refractivity (Wildman–Crippen MR) is 153 cm³/mol. The first-order valence-electron chi connectivity index (χ1n) is 13.3. The maximum Gasteiger partial charge on any atom is 0.295 e. The Balaban J connectivity index is 1.55. The van der Waals surface area contributed by atoms with E-state index >= 15 is 0 Å². The molecular weight excluding hydrogens is 520 g/mol. The molecule has 1 saturated heterocycles. The molecular formula is C33H30N2O6. The van der Waals surface area contributed by atoms with Crippen LogP contribution in [0.25, 0.3) is 5.76 Å². The predicted octanol–water partition coefficient (Wildman–Crippen LogP) is 5.70. The number of aromatic nitrogens is 1. The average Bonchev–Trinajstić information content (AvgIpc) is 3.23. The second-order valence-corrected chi connectivity index (χ2v) is 9.70. The lowest BCUT2D eigenvalue weighted by atomic mass is 9.94. The lowest BCUT2D eigenvalue weighted by Gasteiger charge is -2.26. The van der Waals surface area contributed by atoms with Crippen molar-refractivity contribution in [3.05, 3.63) is 125 Å². The Labute approximate surface area is 238 Å². The molecule has 8 heteroatoms. The number of aryl methyl sites for hydroxylation is 1. The van der Waals surface area contributed by atoms with Crippen molar-refractivity contribution in [2.45, 2.75) is 33.0 Å². The molecule has 208 valence electrons. The van der Waals surface area contributed by atoms with Gasteiger partial charge < -0.3 is 24.6 Å². The van der Waals surface area contributed by atoms with Crippen LogP contribution in [0.3, 0.4) is 0 Å². The maximum absolute atomic E-state index is 13.5. The molecule has 0 saturated carbocycles. The van der Waals surface area contributed by atoms with E-state index in [1.54, 1.807) is 55.7 Å². The first-order valence-corrected chi connectivity index (χ1v) is 13.3. The molecule has 2 N–H and O–H groups in total. The number of carbonyl (C=O) groups is 2. The highest BCUT2D eigenvalue weighted by molar-refractivity contribution is 6.46. The molecule has 0 spiro atoms. The Kier molecular flexibility index (Phi) is 8.01. The van der Waals surface area contributed by atoms with Gasteiger partial charge in [-0.05, 0) is 72.5 Å². The van der Waals surface area contributed by atoms with Crippen molar-refractivity contribution in [2.24, 2.45) is 0 Å². The minimum absolute atomic E-state index is 0.0515. The van der Waals surface area contributed by atoms with Gasteiger partial charge in [-0.3, -0.25) is 14.6 Å². The zero-order chi connectivity index (χ0) is 28.9. The van der Waals surface area contributed by atoms with Crippen molar-refractivity contribution in [2.75, 3.05) is 6.61 Å². The van der Waals surface area contributed by atoms with Crippen molar-refractivity contribution in [3.63, 3.8) is 0 Å². The fourth-order valence-corrected chi connectivity index (χ4v) is 4.90. The molecule has 1 aromatic heterocycles. The number of nitrogens with zero attached hydrogens (tertiary/aromatic N) is 2. The molecule has 3 aromatic carbocycles. The Morgan fingerprint density at radius 2 is 1.71 bits per heavy atom. The molecule has 8 nitrogen and oxygen atoms in total. The Morgan fingerprint density at radius 3 is 2.41 bits per heavy atom. The van der Waals surface area contributed by atoms with Crippen molar-refractivity contribution in [3.8, 4) is 17.2 Å². The van der Waals surface area contributed by atoms with E-state index in [2.05, 4.69) is 4.98 Å². The summed E-state index contributed by atoms with van der Waals surface area (Å²) in [5.41, 5.74) is 3.34. The van der Waals surface area contributed by atoms with Gasteiger partial charge in [-0.2, -0.15) is 0 Å².